The first kappa shape index (κ1) is 12.3. The van der Waals surface area contributed by atoms with Gasteiger partial charge in [-0.05, 0) is 6.42 Å². The number of thiazole rings is 1. The van der Waals surface area contributed by atoms with Gasteiger partial charge in [0.15, 0.2) is 0 Å². The number of benzene rings is 1. The molecule has 1 aliphatic rings. The van der Waals surface area contributed by atoms with Crippen LogP contribution in [0.3, 0.4) is 0 Å². The van der Waals surface area contributed by atoms with Gasteiger partial charge in [0.2, 0.25) is 0 Å². The highest BCUT2D eigenvalue weighted by Crippen LogP contribution is 2.24. The summed E-state index contributed by atoms with van der Waals surface area (Å²) in [6, 6.07) is 10.0. The molecule has 5 heteroatoms. The number of carbonyl (C=O) groups is 1. The molecule has 0 unspecified atom stereocenters. The van der Waals surface area contributed by atoms with Crippen LogP contribution < -0.4 is 5.73 Å². The molecular weight excluding hydrogens is 258 g/mol. The maximum Gasteiger partial charge on any atom is 0.273 e. The molecule has 2 aromatic rings. The van der Waals surface area contributed by atoms with Crippen molar-refractivity contribution in [2.45, 2.75) is 12.5 Å². The summed E-state index contributed by atoms with van der Waals surface area (Å²) in [7, 11) is 0. The number of aromatic nitrogens is 1. The molecule has 1 aliphatic heterocycles. The van der Waals surface area contributed by atoms with Crippen LogP contribution in [-0.4, -0.2) is 34.9 Å². The highest BCUT2D eigenvalue weighted by molar-refractivity contribution is 7.13. The van der Waals surface area contributed by atoms with E-state index < -0.39 is 0 Å². The maximum absolute atomic E-state index is 12.3. The summed E-state index contributed by atoms with van der Waals surface area (Å²) in [6.45, 7) is 1.37. The fourth-order valence-corrected chi connectivity index (χ4v) is 3.02. The number of hydrogen-bond acceptors (Lipinski definition) is 4. The number of nitrogens with zero attached hydrogens (tertiary/aromatic N) is 2. The SMILES string of the molecule is N[C@@H]1CCN(C(=O)c2csc(-c3ccccc3)n2)C1. The van der Waals surface area contributed by atoms with Crippen LogP contribution in [0.25, 0.3) is 10.6 Å². The summed E-state index contributed by atoms with van der Waals surface area (Å²) < 4.78 is 0. The third-order valence-corrected chi connectivity index (χ3v) is 4.15. The van der Waals surface area contributed by atoms with Crippen LogP contribution in [0.5, 0.6) is 0 Å². The predicted octanol–water partition coefficient (Wildman–Crippen LogP) is 1.98. The van der Waals surface area contributed by atoms with E-state index in [9.17, 15) is 4.79 Å². The minimum Gasteiger partial charge on any atom is -0.336 e. The number of likely N-dealkylation sites (tertiary alicyclic amines) is 1. The van der Waals surface area contributed by atoms with Gasteiger partial charge in [-0.3, -0.25) is 4.79 Å². The van der Waals surface area contributed by atoms with E-state index in [0.29, 0.717) is 12.2 Å². The van der Waals surface area contributed by atoms with E-state index in [1.807, 2.05) is 35.7 Å². The molecule has 3 rings (SSSR count). The number of carbonyl (C=O) groups excluding carboxylic acids is 1. The highest BCUT2D eigenvalue weighted by Gasteiger charge is 2.26. The van der Waals surface area contributed by atoms with Crippen molar-refractivity contribution in [3.63, 3.8) is 0 Å². The Kier molecular flexibility index (Phi) is 3.31. The second-order valence-corrected chi connectivity index (χ2v) is 5.56. The Morgan fingerprint density at radius 3 is 2.84 bits per heavy atom. The molecule has 1 saturated heterocycles. The number of rotatable bonds is 2. The molecule has 4 nitrogen and oxygen atoms in total. The van der Waals surface area contributed by atoms with Crippen molar-refractivity contribution >= 4 is 17.2 Å². The zero-order chi connectivity index (χ0) is 13.2. The van der Waals surface area contributed by atoms with Crippen molar-refractivity contribution in [1.29, 1.82) is 0 Å². The quantitative estimate of drug-likeness (QED) is 0.910. The van der Waals surface area contributed by atoms with E-state index in [0.717, 1.165) is 23.5 Å². The molecule has 2 N–H and O–H groups in total. The summed E-state index contributed by atoms with van der Waals surface area (Å²) in [6.07, 6.45) is 0.876. The lowest BCUT2D eigenvalue weighted by Gasteiger charge is -2.13. The van der Waals surface area contributed by atoms with Crippen molar-refractivity contribution in [3.8, 4) is 10.6 Å². The monoisotopic (exact) mass is 273 g/mol. The third-order valence-electron chi connectivity index (χ3n) is 3.26. The van der Waals surface area contributed by atoms with Gasteiger partial charge in [0.05, 0.1) is 0 Å². The molecule has 0 radical (unpaired) electrons. The summed E-state index contributed by atoms with van der Waals surface area (Å²) in [5.41, 5.74) is 7.40. The minimum absolute atomic E-state index is 0.00798. The average Bonchev–Trinajstić information content (AvgIpc) is 3.08. The highest BCUT2D eigenvalue weighted by atomic mass is 32.1. The standard InChI is InChI=1S/C14H15N3OS/c15-11-6-7-17(8-11)14(18)12-9-19-13(16-12)10-4-2-1-3-5-10/h1-5,9,11H,6-8,15H2/t11-/m1/s1. The van der Waals surface area contributed by atoms with Gasteiger partial charge in [-0.15, -0.1) is 11.3 Å². The van der Waals surface area contributed by atoms with E-state index in [1.54, 1.807) is 4.90 Å². The number of nitrogens with two attached hydrogens (primary N) is 1. The van der Waals surface area contributed by atoms with Crippen LogP contribution >= 0.6 is 11.3 Å². The van der Waals surface area contributed by atoms with Crippen molar-refractivity contribution in [2.24, 2.45) is 5.73 Å². The Morgan fingerprint density at radius 1 is 1.37 bits per heavy atom. The van der Waals surface area contributed by atoms with Crippen molar-refractivity contribution in [3.05, 3.63) is 41.4 Å². The molecule has 0 bridgehead atoms. The lowest BCUT2D eigenvalue weighted by molar-refractivity contribution is 0.0786. The van der Waals surface area contributed by atoms with Gasteiger partial charge in [-0.2, -0.15) is 0 Å². The van der Waals surface area contributed by atoms with Crippen LogP contribution in [0.15, 0.2) is 35.7 Å². The first-order valence-corrected chi connectivity index (χ1v) is 7.18. The van der Waals surface area contributed by atoms with Gasteiger partial charge in [0.25, 0.3) is 5.91 Å². The molecule has 0 aliphatic carbocycles. The summed E-state index contributed by atoms with van der Waals surface area (Å²) >= 11 is 1.50. The maximum atomic E-state index is 12.3. The van der Waals surface area contributed by atoms with Crippen LogP contribution in [0.1, 0.15) is 16.9 Å². The van der Waals surface area contributed by atoms with Gasteiger partial charge in [-0.1, -0.05) is 30.3 Å². The first-order valence-electron chi connectivity index (χ1n) is 6.30. The van der Waals surface area contributed by atoms with Gasteiger partial charge in [-0.25, -0.2) is 4.98 Å². The van der Waals surface area contributed by atoms with Crippen LogP contribution in [0, 0.1) is 0 Å². The smallest absolute Gasteiger partial charge is 0.273 e. The molecule has 1 atom stereocenters. The van der Waals surface area contributed by atoms with E-state index in [2.05, 4.69) is 4.98 Å². The predicted molar refractivity (Wildman–Crippen MR) is 76.0 cm³/mol. The Labute approximate surface area is 115 Å². The second kappa shape index (κ2) is 5.11. The van der Waals surface area contributed by atoms with Gasteiger partial charge >= 0.3 is 0 Å². The van der Waals surface area contributed by atoms with Crippen LogP contribution in [0.4, 0.5) is 0 Å². The van der Waals surface area contributed by atoms with Gasteiger partial charge in [0.1, 0.15) is 10.7 Å². The Bertz CT molecular complexity index is 581. The number of hydrogen-bond donors (Lipinski definition) is 1. The molecule has 1 fully saturated rings. The summed E-state index contributed by atoms with van der Waals surface area (Å²) in [5.74, 6) is -0.00798. The van der Waals surface area contributed by atoms with Crippen LogP contribution in [0.2, 0.25) is 0 Å². The zero-order valence-corrected chi connectivity index (χ0v) is 11.3. The normalized spacial score (nSPS) is 18.8. The third kappa shape index (κ3) is 2.52. The zero-order valence-electron chi connectivity index (χ0n) is 10.5. The molecular formula is C14H15N3OS. The van der Waals surface area contributed by atoms with Crippen molar-refractivity contribution < 1.29 is 4.79 Å². The molecule has 2 heterocycles. The molecule has 0 spiro atoms. The first-order chi connectivity index (χ1) is 9.24. The van der Waals surface area contributed by atoms with E-state index in [1.165, 1.54) is 11.3 Å². The number of amides is 1. The fourth-order valence-electron chi connectivity index (χ4n) is 2.22. The molecule has 0 saturated carbocycles. The second-order valence-electron chi connectivity index (χ2n) is 4.70. The summed E-state index contributed by atoms with van der Waals surface area (Å²) in [5, 5.41) is 2.71. The van der Waals surface area contributed by atoms with Crippen molar-refractivity contribution in [2.75, 3.05) is 13.1 Å². The molecule has 19 heavy (non-hydrogen) atoms. The molecule has 1 amide bonds. The fraction of sp³-hybridized carbons (Fsp3) is 0.286. The largest absolute Gasteiger partial charge is 0.336 e. The lowest BCUT2D eigenvalue weighted by Crippen LogP contribution is -2.32. The Balaban J connectivity index is 1.80. The summed E-state index contributed by atoms with van der Waals surface area (Å²) in [4.78, 5) is 18.5. The Hall–Kier alpha value is -1.72. The topological polar surface area (TPSA) is 59.2 Å². The van der Waals surface area contributed by atoms with E-state index in [4.69, 9.17) is 5.73 Å². The molecule has 1 aromatic carbocycles. The Morgan fingerprint density at radius 2 is 2.16 bits per heavy atom. The van der Waals surface area contributed by atoms with Gasteiger partial charge in [0, 0.05) is 30.1 Å². The van der Waals surface area contributed by atoms with E-state index in [-0.39, 0.29) is 11.9 Å². The van der Waals surface area contributed by atoms with Crippen LogP contribution in [-0.2, 0) is 0 Å². The minimum atomic E-state index is -0.00798. The van der Waals surface area contributed by atoms with Crippen molar-refractivity contribution in [1.82, 2.24) is 9.88 Å². The van der Waals surface area contributed by atoms with Gasteiger partial charge < -0.3 is 10.6 Å². The molecule has 1 aromatic heterocycles. The van der Waals surface area contributed by atoms with E-state index >= 15 is 0 Å². The average molecular weight is 273 g/mol. The molecule has 98 valence electrons. The lowest BCUT2D eigenvalue weighted by atomic mass is 10.2.